The smallest absolute Gasteiger partial charge is 0.262 e. The molecule has 146 valence electrons. The van der Waals surface area contributed by atoms with Gasteiger partial charge in [0.15, 0.2) is 12.2 Å². The largest absolute Gasteiger partial charge is 0.497 e. The fourth-order valence-corrected chi connectivity index (χ4v) is 2.90. The van der Waals surface area contributed by atoms with E-state index in [-0.39, 0.29) is 12.5 Å². The van der Waals surface area contributed by atoms with Gasteiger partial charge < -0.3 is 19.2 Å². The summed E-state index contributed by atoms with van der Waals surface area (Å²) in [5.74, 6) is 1.58. The Morgan fingerprint density at radius 3 is 2.62 bits per heavy atom. The maximum atomic E-state index is 12.2. The number of nitrogens with one attached hydrogen (secondary N) is 1. The van der Waals surface area contributed by atoms with Crippen LogP contribution in [-0.2, 0) is 4.79 Å². The monoisotopic (exact) mass is 388 g/mol. The molecule has 3 aromatic carbocycles. The second-order valence-electron chi connectivity index (χ2n) is 6.58. The molecule has 0 spiro atoms. The van der Waals surface area contributed by atoms with Gasteiger partial charge in [0.1, 0.15) is 17.0 Å². The molecular weight excluding hydrogens is 368 g/mol. The zero-order valence-electron chi connectivity index (χ0n) is 16.1. The van der Waals surface area contributed by atoms with Gasteiger partial charge in [-0.05, 0) is 67.1 Å². The number of rotatable bonds is 6. The third-order valence-corrected chi connectivity index (χ3v) is 4.37. The normalized spacial score (nSPS) is 10.7. The van der Waals surface area contributed by atoms with Crippen LogP contribution in [0, 0.1) is 6.92 Å². The number of oxazole rings is 1. The van der Waals surface area contributed by atoms with E-state index in [0.29, 0.717) is 17.3 Å². The molecule has 0 fully saturated rings. The number of carbonyl (C=O) groups excluding carboxylic acids is 1. The average molecular weight is 388 g/mol. The Kier molecular flexibility index (Phi) is 5.16. The van der Waals surface area contributed by atoms with Crippen LogP contribution in [0.1, 0.15) is 5.56 Å². The van der Waals surface area contributed by atoms with Crippen LogP contribution in [-0.4, -0.2) is 24.6 Å². The van der Waals surface area contributed by atoms with E-state index in [9.17, 15) is 4.79 Å². The van der Waals surface area contributed by atoms with Crippen molar-refractivity contribution < 1.29 is 18.7 Å². The van der Waals surface area contributed by atoms with E-state index in [4.69, 9.17) is 13.9 Å². The average Bonchev–Trinajstić information content (AvgIpc) is 3.16. The molecule has 1 amide bonds. The first-order valence-electron chi connectivity index (χ1n) is 9.15. The first kappa shape index (κ1) is 18.6. The summed E-state index contributed by atoms with van der Waals surface area (Å²) < 4.78 is 16.5. The summed E-state index contributed by atoms with van der Waals surface area (Å²) in [4.78, 5) is 16.8. The van der Waals surface area contributed by atoms with E-state index in [0.717, 1.165) is 28.0 Å². The molecule has 29 heavy (non-hydrogen) atoms. The van der Waals surface area contributed by atoms with E-state index in [1.165, 1.54) is 0 Å². The Hall–Kier alpha value is -3.80. The van der Waals surface area contributed by atoms with Crippen molar-refractivity contribution >= 4 is 22.7 Å². The van der Waals surface area contributed by atoms with Crippen molar-refractivity contribution in [2.24, 2.45) is 0 Å². The highest BCUT2D eigenvalue weighted by atomic mass is 16.5. The lowest BCUT2D eigenvalue weighted by atomic mass is 10.2. The molecule has 0 aliphatic rings. The second-order valence-corrected chi connectivity index (χ2v) is 6.58. The number of nitrogens with zero attached hydrogens (tertiary/aromatic N) is 1. The Balaban J connectivity index is 1.43. The van der Waals surface area contributed by atoms with Crippen LogP contribution in [0.4, 0.5) is 5.69 Å². The van der Waals surface area contributed by atoms with Crippen LogP contribution in [0.5, 0.6) is 11.5 Å². The van der Waals surface area contributed by atoms with Crippen molar-refractivity contribution in [3.8, 4) is 23.0 Å². The third-order valence-electron chi connectivity index (χ3n) is 4.37. The minimum absolute atomic E-state index is 0.0985. The molecule has 6 nitrogen and oxygen atoms in total. The SMILES string of the molecule is COc1ccc(OCC(=O)Nc2cccc(-c3nc4ccc(C)cc4o3)c2)cc1. The summed E-state index contributed by atoms with van der Waals surface area (Å²) in [7, 11) is 1.60. The predicted octanol–water partition coefficient (Wildman–Crippen LogP) is 4.83. The predicted molar refractivity (Wildman–Crippen MR) is 111 cm³/mol. The number of carbonyl (C=O) groups is 1. The summed E-state index contributed by atoms with van der Waals surface area (Å²) >= 11 is 0. The summed E-state index contributed by atoms with van der Waals surface area (Å²) in [6, 6.07) is 20.3. The minimum Gasteiger partial charge on any atom is -0.497 e. The maximum Gasteiger partial charge on any atom is 0.262 e. The minimum atomic E-state index is -0.258. The molecule has 0 aliphatic heterocycles. The molecule has 0 radical (unpaired) electrons. The highest BCUT2D eigenvalue weighted by molar-refractivity contribution is 5.92. The quantitative estimate of drug-likeness (QED) is 0.512. The topological polar surface area (TPSA) is 73.6 Å². The zero-order valence-corrected chi connectivity index (χ0v) is 16.1. The number of aryl methyl sites for hydroxylation is 1. The highest BCUT2D eigenvalue weighted by Crippen LogP contribution is 2.26. The van der Waals surface area contributed by atoms with Gasteiger partial charge in [-0.25, -0.2) is 4.98 Å². The van der Waals surface area contributed by atoms with Gasteiger partial charge in [-0.15, -0.1) is 0 Å². The van der Waals surface area contributed by atoms with Crippen molar-refractivity contribution in [1.29, 1.82) is 0 Å². The van der Waals surface area contributed by atoms with E-state index < -0.39 is 0 Å². The van der Waals surface area contributed by atoms with E-state index >= 15 is 0 Å². The molecule has 0 saturated heterocycles. The van der Waals surface area contributed by atoms with Gasteiger partial charge in [-0.3, -0.25) is 4.79 Å². The molecule has 1 aromatic heterocycles. The lowest BCUT2D eigenvalue weighted by Gasteiger charge is -2.08. The summed E-state index contributed by atoms with van der Waals surface area (Å²) in [5, 5.41) is 2.83. The van der Waals surface area contributed by atoms with Gasteiger partial charge >= 0.3 is 0 Å². The Labute approximate surface area is 168 Å². The lowest BCUT2D eigenvalue weighted by molar-refractivity contribution is -0.118. The van der Waals surface area contributed by atoms with Crippen molar-refractivity contribution in [1.82, 2.24) is 4.98 Å². The molecule has 0 bridgehead atoms. The first-order valence-corrected chi connectivity index (χ1v) is 9.15. The Morgan fingerprint density at radius 2 is 1.83 bits per heavy atom. The molecule has 0 saturated carbocycles. The first-order chi connectivity index (χ1) is 14.1. The number of fused-ring (bicyclic) bond motifs is 1. The maximum absolute atomic E-state index is 12.2. The van der Waals surface area contributed by atoms with Crippen molar-refractivity contribution in [3.05, 3.63) is 72.3 Å². The number of benzene rings is 3. The molecule has 6 heteroatoms. The molecule has 0 unspecified atom stereocenters. The Bertz CT molecular complexity index is 1150. The Morgan fingerprint density at radius 1 is 1.03 bits per heavy atom. The van der Waals surface area contributed by atoms with Crippen LogP contribution < -0.4 is 14.8 Å². The number of amides is 1. The molecule has 4 rings (SSSR count). The molecular formula is C23H20N2O4. The van der Waals surface area contributed by atoms with Gasteiger partial charge in [-0.2, -0.15) is 0 Å². The van der Waals surface area contributed by atoms with E-state index in [2.05, 4.69) is 10.3 Å². The number of anilines is 1. The van der Waals surface area contributed by atoms with Crippen molar-refractivity contribution in [3.63, 3.8) is 0 Å². The summed E-state index contributed by atoms with van der Waals surface area (Å²) in [6.45, 7) is 1.91. The third kappa shape index (κ3) is 4.38. The lowest BCUT2D eigenvalue weighted by Crippen LogP contribution is -2.20. The van der Waals surface area contributed by atoms with Gasteiger partial charge in [0, 0.05) is 11.3 Å². The van der Waals surface area contributed by atoms with Crippen LogP contribution in [0.15, 0.2) is 71.1 Å². The van der Waals surface area contributed by atoms with Gasteiger partial charge in [0.05, 0.1) is 7.11 Å². The molecule has 4 aromatic rings. The van der Waals surface area contributed by atoms with Gasteiger partial charge in [-0.1, -0.05) is 12.1 Å². The standard InChI is InChI=1S/C23H20N2O4/c1-15-6-11-20-21(12-15)29-23(25-20)16-4-3-5-17(13-16)24-22(26)14-28-19-9-7-18(27-2)8-10-19/h3-13H,14H2,1-2H3,(H,24,26). The van der Waals surface area contributed by atoms with Crippen LogP contribution in [0.2, 0.25) is 0 Å². The highest BCUT2D eigenvalue weighted by Gasteiger charge is 2.10. The van der Waals surface area contributed by atoms with Crippen LogP contribution >= 0.6 is 0 Å². The van der Waals surface area contributed by atoms with E-state index in [1.807, 2.05) is 49.4 Å². The van der Waals surface area contributed by atoms with Crippen LogP contribution in [0.3, 0.4) is 0 Å². The van der Waals surface area contributed by atoms with Crippen molar-refractivity contribution in [2.45, 2.75) is 6.92 Å². The van der Waals surface area contributed by atoms with Gasteiger partial charge in [0.2, 0.25) is 5.89 Å². The molecule has 1 heterocycles. The van der Waals surface area contributed by atoms with E-state index in [1.54, 1.807) is 31.4 Å². The number of methoxy groups -OCH3 is 1. The van der Waals surface area contributed by atoms with Crippen molar-refractivity contribution in [2.75, 3.05) is 19.0 Å². The fourth-order valence-electron chi connectivity index (χ4n) is 2.90. The number of aromatic nitrogens is 1. The molecule has 1 N–H and O–H groups in total. The van der Waals surface area contributed by atoms with Crippen LogP contribution in [0.25, 0.3) is 22.6 Å². The number of hydrogen-bond acceptors (Lipinski definition) is 5. The second kappa shape index (κ2) is 8.06. The fraction of sp³-hybridized carbons (Fsp3) is 0.130. The number of hydrogen-bond donors (Lipinski definition) is 1. The molecule has 0 aliphatic carbocycles. The zero-order chi connectivity index (χ0) is 20.2. The molecule has 0 atom stereocenters. The summed E-state index contributed by atoms with van der Waals surface area (Å²) in [5.41, 5.74) is 4.07. The van der Waals surface area contributed by atoms with Gasteiger partial charge in [0.25, 0.3) is 5.91 Å². The summed E-state index contributed by atoms with van der Waals surface area (Å²) in [6.07, 6.45) is 0. The number of ether oxygens (including phenoxy) is 2.